The van der Waals surface area contributed by atoms with Crippen molar-refractivity contribution in [3.63, 3.8) is 0 Å². The lowest BCUT2D eigenvalue weighted by Gasteiger charge is -2.12. The van der Waals surface area contributed by atoms with Gasteiger partial charge in [0.15, 0.2) is 5.78 Å². The van der Waals surface area contributed by atoms with Gasteiger partial charge in [0.2, 0.25) is 0 Å². The predicted octanol–water partition coefficient (Wildman–Crippen LogP) is 4.90. The summed E-state index contributed by atoms with van der Waals surface area (Å²) in [5.74, 6) is -0.237. The summed E-state index contributed by atoms with van der Waals surface area (Å²) in [6, 6.07) is 16.5. The number of carbonyl (C=O) groups excluding carboxylic acids is 2. The van der Waals surface area contributed by atoms with Crippen LogP contribution < -0.4 is 10.6 Å². The van der Waals surface area contributed by atoms with E-state index in [9.17, 15) is 9.59 Å². The van der Waals surface area contributed by atoms with Crippen LogP contribution in [-0.4, -0.2) is 16.7 Å². The van der Waals surface area contributed by atoms with Crippen molar-refractivity contribution in [1.82, 2.24) is 4.98 Å². The lowest BCUT2D eigenvalue weighted by atomic mass is 10.1. The number of ketones is 1. The molecule has 0 aliphatic rings. The zero-order chi connectivity index (χ0) is 19.4. The second kappa shape index (κ2) is 7.83. The Balaban J connectivity index is 1.76. The van der Waals surface area contributed by atoms with E-state index in [0.717, 1.165) is 28.2 Å². The fraction of sp³-hybridized carbons (Fsp3) is 0.136. The van der Waals surface area contributed by atoms with Gasteiger partial charge >= 0.3 is 0 Å². The number of pyridine rings is 1. The van der Waals surface area contributed by atoms with Crippen LogP contribution in [0.4, 0.5) is 17.1 Å². The van der Waals surface area contributed by atoms with Crippen molar-refractivity contribution in [3.8, 4) is 0 Å². The zero-order valence-corrected chi connectivity index (χ0v) is 15.5. The minimum Gasteiger partial charge on any atom is -0.355 e. The number of aromatic nitrogens is 1. The topological polar surface area (TPSA) is 71.1 Å². The summed E-state index contributed by atoms with van der Waals surface area (Å²) in [5, 5.41) is 6.16. The number of para-hydroxylation sites is 1. The molecule has 1 amide bonds. The highest BCUT2D eigenvalue weighted by molar-refractivity contribution is 6.04. The molecule has 2 N–H and O–H groups in total. The third kappa shape index (κ3) is 4.39. The van der Waals surface area contributed by atoms with Gasteiger partial charge in [0.1, 0.15) is 5.69 Å². The SMILES string of the molecule is CC(=O)c1ccc(Nc2ccnc(C(=O)Nc3c(C)cccc3C)c2)cc1. The minimum absolute atomic E-state index is 0.0240. The van der Waals surface area contributed by atoms with Crippen molar-refractivity contribution in [2.75, 3.05) is 10.6 Å². The van der Waals surface area contributed by atoms with E-state index in [1.54, 1.807) is 30.5 Å². The third-order valence-electron chi connectivity index (χ3n) is 4.29. The summed E-state index contributed by atoms with van der Waals surface area (Å²) in [7, 11) is 0. The summed E-state index contributed by atoms with van der Waals surface area (Å²) >= 11 is 0. The second-order valence-electron chi connectivity index (χ2n) is 6.41. The number of benzene rings is 2. The van der Waals surface area contributed by atoms with E-state index in [1.807, 2.05) is 44.2 Å². The van der Waals surface area contributed by atoms with Crippen molar-refractivity contribution in [3.05, 3.63) is 83.2 Å². The first-order valence-corrected chi connectivity index (χ1v) is 8.65. The Morgan fingerprint density at radius 1 is 0.889 bits per heavy atom. The zero-order valence-electron chi connectivity index (χ0n) is 15.5. The normalized spacial score (nSPS) is 10.3. The van der Waals surface area contributed by atoms with Crippen LogP contribution in [0, 0.1) is 13.8 Å². The Bertz CT molecular complexity index is 974. The van der Waals surface area contributed by atoms with E-state index in [1.165, 1.54) is 6.92 Å². The molecule has 136 valence electrons. The minimum atomic E-state index is -0.261. The van der Waals surface area contributed by atoms with Gasteiger partial charge in [-0.1, -0.05) is 18.2 Å². The summed E-state index contributed by atoms with van der Waals surface area (Å²) in [5.41, 5.74) is 5.36. The fourth-order valence-electron chi connectivity index (χ4n) is 2.78. The molecule has 0 saturated carbocycles. The van der Waals surface area contributed by atoms with Crippen LogP contribution in [0.5, 0.6) is 0 Å². The third-order valence-corrected chi connectivity index (χ3v) is 4.29. The molecule has 0 fully saturated rings. The standard InChI is InChI=1S/C22H21N3O2/c1-14-5-4-6-15(2)21(14)25-22(27)20-13-19(11-12-23-20)24-18-9-7-17(8-10-18)16(3)26/h4-13H,1-3H3,(H,23,24)(H,25,27). The molecule has 1 heterocycles. The van der Waals surface area contributed by atoms with Crippen molar-refractivity contribution in [1.29, 1.82) is 0 Å². The Kier molecular flexibility index (Phi) is 5.31. The Hall–Kier alpha value is -3.47. The van der Waals surface area contributed by atoms with Crippen molar-refractivity contribution in [2.45, 2.75) is 20.8 Å². The Morgan fingerprint density at radius 2 is 1.56 bits per heavy atom. The molecule has 1 aromatic heterocycles. The summed E-state index contributed by atoms with van der Waals surface area (Å²) in [6.45, 7) is 5.45. The Morgan fingerprint density at radius 3 is 2.19 bits per heavy atom. The first kappa shape index (κ1) is 18.3. The van der Waals surface area contributed by atoms with E-state index in [2.05, 4.69) is 15.6 Å². The quantitative estimate of drug-likeness (QED) is 0.636. The van der Waals surface area contributed by atoms with Gasteiger partial charge in [0, 0.05) is 28.8 Å². The molecule has 0 bridgehead atoms. The smallest absolute Gasteiger partial charge is 0.274 e. The van der Waals surface area contributed by atoms with Gasteiger partial charge in [-0.3, -0.25) is 14.6 Å². The first-order chi connectivity index (χ1) is 12.9. The molecule has 2 aromatic carbocycles. The van der Waals surface area contributed by atoms with E-state index in [0.29, 0.717) is 11.3 Å². The highest BCUT2D eigenvalue weighted by Gasteiger charge is 2.11. The van der Waals surface area contributed by atoms with Gasteiger partial charge in [-0.15, -0.1) is 0 Å². The van der Waals surface area contributed by atoms with E-state index in [-0.39, 0.29) is 11.7 Å². The summed E-state index contributed by atoms with van der Waals surface area (Å²) in [4.78, 5) is 28.1. The molecular formula is C22H21N3O2. The molecule has 0 atom stereocenters. The number of rotatable bonds is 5. The van der Waals surface area contributed by atoms with Gasteiger partial charge in [-0.25, -0.2) is 0 Å². The van der Waals surface area contributed by atoms with E-state index >= 15 is 0 Å². The van der Waals surface area contributed by atoms with Crippen LogP contribution in [0.1, 0.15) is 38.9 Å². The van der Waals surface area contributed by atoms with Gasteiger partial charge < -0.3 is 10.6 Å². The van der Waals surface area contributed by atoms with Gasteiger partial charge in [0.25, 0.3) is 5.91 Å². The highest BCUT2D eigenvalue weighted by atomic mass is 16.2. The number of nitrogens with one attached hydrogen (secondary N) is 2. The number of hydrogen-bond donors (Lipinski definition) is 2. The second-order valence-corrected chi connectivity index (χ2v) is 6.41. The Labute approximate surface area is 158 Å². The molecule has 5 heteroatoms. The van der Waals surface area contributed by atoms with Gasteiger partial charge in [0.05, 0.1) is 0 Å². The molecule has 3 aromatic rings. The average Bonchev–Trinajstić information content (AvgIpc) is 2.65. The summed E-state index contributed by atoms with van der Waals surface area (Å²) in [6.07, 6.45) is 1.59. The molecule has 0 spiro atoms. The molecule has 5 nitrogen and oxygen atoms in total. The van der Waals surface area contributed by atoms with Gasteiger partial charge in [-0.05, 0) is 68.3 Å². The number of aryl methyl sites for hydroxylation is 2. The maximum atomic E-state index is 12.6. The molecule has 0 saturated heterocycles. The maximum absolute atomic E-state index is 12.6. The van der Waals surface area contributed by atoms with Crippen LogP contribution in [0.25, 0.3) is 0 Å². The average molecular weight is 359 g/mol. The lowest BCUT2D eigenvalue weighted by Crippen LogP contribution is -2.15. The molecule has 27 heavy (non-hydrogen) atoms. The number of Topliss-reactive ketones (excluding diaryl/α,β-unsaturated/α-hetero) is 1. The maximum Gasteiger partial charge on any atom is 0.274 e. The van der Waals surface area contributed by atoms with Crippen LogP contribution in [-0.2, 0) is 0 Å². The monoisotopic (exact) mass is 359 g/mol. The molecule has 0 aliphatic carbocycles. The molecule has 3 rings (SSSR count). The van der Waals surface area contributed by atoms with E-state index in [4.69, 9.17) is 0 Å². The van der Waals surface area contributed by atoms with Crippen LogP contribution >= 0.6 is 0 Å². The number of carbonyl (C=O) groups is 2. The lowest BCUT2D eigenvalue weighted by molar-refractivity contribution is 0.101. The van der Waals surface area contributed by atoms with Crippen molar-refractivity contribution >= 4 is 28.8 Å². The number of nitrogens with zero attached hydrogens (tertiary/aromatic N) is 1. The van der Waals surface area contributed by atoms with E-state index < -0.39 is 0 Å². The number of anilines is 3. The highest BCUT2D eigenvalue weighted by Crippen LogP contribution is 2.21. The van der Waals surface area contributed by atoms with Crippen LogP contribution in [0.2, 0.25) is 0 Å². The number of hydrogen-bond acceptors (Lipinski definition) is 4. The molecular weight excluding hydrogens is 338 g/mol. The van der Waals surface area contributed by atoms with Crippen LogP contribution in [0.15, 0.2) is 60.8 Å². The number of amides is 1. The van der Waals surface area contributed by atoms with Gasteiger partial charge in [-0.2, -0.15) is 0 Å². The van der Waals surface area contributed by atoms with Crippen molar-refractivity contribution in [2.24, 2.45) is 0 Å². The summed E-state index contributed by atoms with van der Waals surface area (Å²) < 4.78 is 0. The van der Waals surface area contributed by atoms with Crippen molar-refractivity contribution < 1.29 is 9.59 Å². The first-order valence-electron chi connectivity index (χ1n) is 8.65. The predicted molar refractivity (Wildman–Crippen MR) is 108 cm³/mol. The molecule has 0 radical (unpaired) electrons. The van der Waals surface area contributed by atoms with Crippen LogP contribution in [0.3, 0.4) is 0 Å². The molecule has 0 aliphatic heterocycles. The molecule has 0 unspecified atom stereocenters. The largest absolute Gasteiger partial charge is 0.355 e. The fourth-order valence-corrected chi connectivity index (χ4v) is 2.78.